The number of carbonyl (C=O) groups is 1. The summed E-state index contributed by atoms with van der Waals surface area (Å²) in [5.74, 6) is 4.08. The second-order valence-corrected chi connectivity index (χ2v) is 7.63. The molecule has 0 radical (unpaired) electrons. The Kier molecular flexibility index (Phi) is 6.60. The lowest BCUT2D eigenvalue weighted by Gasteiger charge is -2.30. The molecule has 1 aromatic heterocycles. The Bertz CT molecular complexity index is 1340. The van der Waals surface area contributed by atoms with Crippen LogP contribution < -0.4 is 15.5 Å². The molecule has 7 nitrogen and oxygen atoms in total. The quantitative estimate of drug-likeness (QED) is 0.556. The number of fused-ring (bicyclic) bond motifs is 1. The van der Waals surface area contributed by atoms with E-state index in [9.17, 15) is 14.4 Å². The van der Waals surface area contributed by atoms with Crippen LogP contribution in [0.1, 0.15) is 12.5 Å². The minimum Gasteiger partial charge on any atom is -0.378 e. The Morgan fingerprint density at radius 1 is 1.27 bits per heavy atom. The molecular formula is C24H19ClFN5O2. The maximum Gasteiger partial charge on any atom is 0.300 e. The third-order valence-electron chi connectivity index (χ3n) is 5.13. The van der Waals surface area contributed by atoms with Gasteiger partial charge in [0.1, 0.15) is 11.9 Å². The minimum atomic E-state index is -0.542. The number of nitrogens with zero attached hydrogens (tertiary/aromatic N) is 3. The van der Waals surface area contributed by atoms with Gasteiger partial charge in [0.15, 0.2) is 0 Å². The lowest BCUT2D eigenvalue weighted by Crippen LogP contribution is -2.36. The van der Waals surface area contributed by atoms with Gasteiger partial charge in [-0.2, -0.15) is 5.26 Å². The number of ether oxygens (including phenoxy) is 1. The summed E-state index contributed by atoms with van der Waals surface area (Å²) in [6, 6.07) is 9.95. The number of hydrogen-bond donors (Lipinski definition) is 2. The van der Waals surface area contributed by atoms with Gasteiger partial charge < -0.3 is 20.3 Å². The summed E-state index contributed by atoms with van der Waals surface area (Å²) in [5, 5.41) is 16.2. The smallest absolute Gasteiger partial charge is 0.300 e. The summed E-state index contributed by atoms with van der Waals surface area (Å²) < 4.78 is 19.1. The van der Waals surface area contributed by atoms with E-state index >= 15 is 0 Å². The summed E-state index contributed by atoms with van der Waals surface area (Å²) >= 11 is 5.92. The van der Waals surface area contributed by atoms with Crippen LogP contribution in [-0.2, 0) is 9.53 Å². The fraction of sp³-hybridized carbons (Fsp3) is 0.208. The molecule has 0 spiro atoms. The molecule has 1 aliphatic heterocycles. The first kappa shape index (κ1) is 22.3. The number of nitrogens with one attached hydrogen (secondary N) is 2. The molecule has 0 atom stereocenters. The number of hydrogen-bond acceptors (Lipinski definition) is 6. The van der Waals surface area contributed by atoms with Crippen molar-refractivity contribution in [3.05, 3.63) is 52.9 Å². The van der Waals surface area contributed by atoms with Crippen LogP contribution in [0.2, 0.25) is 5.02 Å². The van der Waals surface area contributed by atoms with Crippen LogP contribution in [-0.4, -0.2) is 37.2 Å². The largest absolute Gasteiger partial charge is 0.378 e. The van der Waals surface area contributed by atoms with Crippen molar-refractivity contribution in [2.45, 2.75) is 6.92 Å². The van der Waals surface area contributed by atoms with Crippen molar-refractivity contribution in [3.8, 4) is 17.9 Å². The normalized spacial score (nSPS) is 13.1. The van der Waals surface area contributed by atoms with Gasteiger partial charge in [0, 0.05) is 30.4 Å². The van der Waals surface area contributed by atoms with E-state index in [2.05, 4.69) is 38.4 Å². The van der Waals surface area contributed by atoms with E-state index in [4.69, 9.17) is 16.3 Å². The minimum absolute atomic E-state index is 0.0439. The third-order valence-corrected chi connectivity index (χ3v) is 5.42. The van der Waals surface area contributed by atoms with Crippen molar-refractivity contribution >= 4 is 51.2 Å². The van der Waals surface area contributed by atoms with Crippen molar-refractivity contribution < 1.29 is 13.9 Å². The standard InChI is InChI=1S/C24H19ClFN5O2/c1-2-3-23(32)30-21-11-17-20(12-22(21)31-6-8-33-9-7-31)28-14-15(13-27)24(17)29-16-4-5-19(26)18(25)10-16/h4-5,10-12,14H,6-9H2,1H3,(H,28,29)(H,30,32). The number of halogens is 2. The molecule has 0 unspecified atom stereocenters. The number of morpholine rings is 1. The molecule has 1 saturated heterocycles. The summed E-state index contributed by atoms with van der Waals surface area (Å²) in [6.07, 6.45) is 1.47. The zero-order chi connectivity index (χ0) is 23.4. The van der Waals surface area contributed by atoms with E-state index < -0.39 is 11.7 Å². The average molecular weight is 464 g/mol. The SMILES string of the molecule is CC#CC(=O)Nc1cc2c(Nc3ccc(F)c(Cl)c3)c(C#N)cnc2cc1N1CCOCC1. The lowest BCUT2D eigenvalue weighted by molar-refractivity contribution is -0.111. The third kappa shape index (κ3) is 4.83. The van der Waals surface area contributed by atoms with Gasteiger partial charge in [-0.3, -0.25) is 9.78 Å². The average Bonchev–Trinajstić information content (AvgIpc) is 2.82. The zero-order valence-electron chi connectivity index (χ0n) is 17.7. The van der Waals surface area contributed by atoms with Gasteiger partial charge in [-0.15, -0.1) is 0 Å². The molecular weight excluding hydrogens is 445 g/mol. The van der Waals surface area contributed by atoms with Crippen molar-refractivity contribution in [2.75, 3.05) is 41.8 Å². The highest BCUT2D eigenvalue weighted by molar-refractivity contribution is 6.31. The van der Waals surface area contributed by atoms with Crippen LogP contribution in [0.3, 0.4) is 0 Å². The molecule has 0 aliphatic carbocycles. The molecule has 2 heterocycles. The van der Waals surface area contributed by atoms with Crippen LogP contribution in [0.5, 0.6) is 0 Å². The van der Waals surface area contributed by atoms with Crippen LogP contribution >= 0.6 is 11.6 Å². The molecule has 9 heteroatoms. The van der Waals surface area contributed by atoms with Crippen LogP contribution in [0.15, 0.2) is 36.5 Å². The van der Waals surface area contributed by atoms with Gasteiger partial charge in [0.05, 0.1) is 46.4 Å². The van der Waals surface area contributed by atoms with E-state index in [-0.39, 0.29) is 10.6 Å². The number of anilines is 4. The van der Waals surface area contributed by atoms with Gasteiger partial charge in [-0.1, -0.05) is 17.5 Å². The van der Waals surface area contributed by atoms with Crippen molar-refractivity contribution in [1.29, 1.82) is 5.26 Å². The zero-order valence-corrected chi connectivity index (χ0v) is 18.5. The molecule has 0 bridgehead atoms. The highest BCUT2D eigenvalue weighted by atomic mass is 35.5. The number of rotatable bonds is 4. The second-order valence-electron chi connectivity index (χ2n) is 7.23. The molecule has 1 aliphatic rings. The van der Waals surface area contributed by atoms with Crippen LogP contribution in [0, 0.1) is 29.0 Å². The van der Waals surface area contributed by atoms with Gasteiger partial charge in [-0.25, -0.2) is 4.39 Å². The molecule has 4 rings (SSSR count). The van der Waals surface area contributed by atoms with Gasteiger partial charge in [0.25, 0.3) is 5.91 Å². The predicted molar refractivity (Wildman–Crippen MR) is 126 cm³/mol. The van der Waals surface area contributed by atoms with Gasteiger partial charge in [0.2, 0.25) is 0 Å². The van der Waals surface area contributed by atoms with Crippen molar-refractivity contribution in [3.63, 3.8) is 0 Å². The Labute approximate surface area is 195 Å². The second kappa shape index (κ2) is 9.74. The monoisotopic (exact) mass is 463 g/mol. The van der Waals surface area contributed by atoms with Crippen LogP contribution in [0.25, 0.3) is 10.9 Å². The first-order valence-corrected chi connectivity index (χ1v) is 10.5. The molecule has 3 aromatic rings. The number of benzene rings is 2. The van der Waals surface area contributed by atoms with Crippen molar-refractivity contribution in [2.24, 2.45) is 0 Å². The fourth-order valence-electron chi connectivity index (χ4n) is 3.60. The first-order chi connectivity index (χ1) is 16.0. The number of nitriles is 1. The molecule has 33 heavy (non-hydrogen) atoms. The van der Waals surface area contributed by atoms with E-state index in [1.165, 1.54) is 24.4 Å². The van der Waals surface area contributed by atoms with E-state index in [0.717, 1.165) is 5.69 Å². The summed E-state index contributed by atoms with van der Waals surface area (Å²) in [5.41, 5.74) is 3.19. The highest BCUT2D eigenvalue weighted by Crippen LogP contribution is 2.37. The Morgan fingerprint density at radius 2 is 2.06 bits per heavy atom. The van der Waals surface area contributed by atoms with Crippen molar-refractivity contribution in [1.82, 2.24) is 4.98 Å². The lowest BCUT2D eigenvalue weighted by atomic mass is 10.1. The fourth-order valence-corrected chi connectivity index (χ4v) is 3.78. The summed E-state index contributed by atoms with van der Waals surface area (Å²) in [6.45, 7) is 4.03. The number of carbonyl (C=O) groups excluding carboxylic acids is 1. The van der Waals surface area contributed by atoms with E-state index in [0.29, 0.717) is 54.3 Å². The first-order valence-electron chi connectivity index (χ1n) is 10.2. The Balaban J connectivity index is 1.87. The molecule has 1 amide bonds. The molecule has 2 N–H and O–H groups in total. The Hall–Kier alpha value is -3.85. The highest BCUT2D eigenvalue weighted by Gasteiger charge is 2.20. The molecule has 1 fully saturated rings. The van der Waals surface area contributed by atoms with E-state index in [1.54, 1.807) is 13.0 Å². The molecule has 2 aromatic carbocycles. The van der Waals surface area contributed by atoms with E-state index in [1.807, 2.05) is 6.07 Å². The number of amides is 1. The predicted octanol–water partition coefficient (Wildman–Crippen LogP) is 4.44. The summed E-state index contributed by atoms with van der Waals surface area (Å²) in [4.78, 5) is 18.8. The van der Waals surface area contributed by atoms with Gasteiger partial charge in [-0.05, 0) is 43.2 Å². The number of aromatic nitrogens is 1. The molecule has 0 saturated carbocycles. The van der Waals surface area contributed by atoms with Gasteiger partial charge >= 0.3 is 0 Å². The topological polar surface area (TPSA) is 90.3 Å². The van der Waals surface area contributed by atoms with Crippen LogP contribution in [0.4, 0.5) is 27.1 Å². The maximum absolute atomic E-state index is 13.6. The molecule has 166 valence electrons. The maximum atomic E-state index is 13.6. The number of pyridine rings is 1. The Morgan fingerprint density at radius 3 is 2.76 bits per heavy atom. The summed E-state index contributed by atoms with van der Waals surface area (Å²) in [7, 11) is 0.